The van der Waals surface area contributed by atoms with Crippen LogP contribution in [0.3, 0.4) is 0 Å². The van der Waals surface area contributed by atoms with Gasteiger partial charge in [0.2, 0.25) is 0 Å². The summed E-state index contributed by atoms with van der Waals surface area (Å²) in [5.41, 5.74) is 4.34. The summed E-state index contributed by atoms with van der Waals surface area (Å²) in [5, 5.41) is 0.609. The molecule has 5 nitrogen and oxygen atoms in total. The van der Waals surface area contributed by atoms with Crippen LogP contribution in [0.4, 0.5) is 13.2 Å². The molecule has 1 atom stereocenters. The molecule has 2 rings (SSSR count). The summed E-state index contributed by atoms with van der Waals surface area (Å²) in [5.74, 6) is -2.31. The quantitative estimate of drug-likeness (QED) is 0.696. The van der Waals surface area contributed by atoms with E-state index in [4.69, 9.17) is 27.9 Å². The molecule has 0 heterocycles. The first-order valence-corrected chi connectivity index (χ1v) is 8.36. The highest BCUT2D eigenvalue weighted by Gasteiger charge is 2.42. The van der Waals surface area contributed by atoms with Gasteiger partial charge in [0.1, 0.15) is 5.75 Å². The Hall–Kier alpha value is -1.93. The largest absolute Gasteiger partial charge is 0.479 e. The van der Waals surface area contributed by atoms with E-state index in [-0.39, 0.29) is 34.9 Å². The normalized spacial score (nSPS) is 15.6. The fraction of sp³-hybridized carbons (Fsp3) is 0.375. The number of carbonyl (C=O) groups excluding carboxylic acids is 2. The number of alkyl halides is 3. The maximum Gasteiger partial charge on any atom is 0.454 e. The van der Waals surface area contributed by atoms with Crippen molar-refractivity contribution in [3.05, 3.63) is 39.5 Å². The lowest BCUT2D eigenvalue weighted by Gasteiger charge is -2.17. The average Bonchev–Trinajstić information content (AvgIpc) is 3.01. The molecule has 10 heteroatoms. The molecular weight excluding hydrogens is 396 g/mol. The second-order valence-corrected chi connectivity index (χ2v) is 6.43. The van der Waals surface area contributed by atoms with Crippen LogP contribution >= 0.6 is 23.2 Å². The molecule has 0 spiro atoms. The molecule has 1 aromatic rings. The molecule has 1 aliphatic carbocycles. The molecule has 0 saturated carbocycles. The Bertz CT molecular complexity index is 751. The van der Waals surface area contributed by atoms with E-state index in [1.807, 2.05) is 0 Å². The van der Waals surface area contributed by atoms with E-state index in [0.29, 0.717) is 11.4 Å². The predicted octanol–water partition coefficient (Wildman–Crippen LogP) is 3.95. The summed E-state index contributed by atoms with van der Waals surface area (Å²) < 4.78 is 43.1. The molecule has 2 N–H and O–H groups in total. The van der Waals surface area contributed by atoms with Gasteiger partial charge in [0, 0.05) is 16.3 Å². The number of ketones is 1. The highest BCUT2D eigenvalue weighted by atomic mass is 35.5. The highest BCUT2D eigenvalue weighted by Crippen LogP contribution is 2.31. The number of hydrazine groups is 1. The average molecular weight is 411 g/mol. The number of rotatable bonds is 6. The Morgan fingerprint density at radius 1 is 1.23 bits per heavy atom. The predicted molar refractivity (Wildman–Crippen MR) is 89.8 cm³/mol. The molecule has 26 heavy (non-hydrogen) atoms. The van der Waals surface area contributed by atoms with Crippen molar-refractivity contribution in [2.45, 2.75) is 38.5 Å². The number of amides is 1. The zero-order chi connectivity index (χ0) is 19.5. The van der Waals surface area contributed by atoms with Crippen molar-refractivity contribution in [1.29, 1.82) is 0 Å². The highest BCUT2D eigenvalue weighted by molar-refractivity contribution is 6.35. The molecule has 0 radical (unpaired) electrons. The molecule has 0 bridgehead atoms. The summed E-state index contributed by atoms with van der Waals surface area (Å²) in [7, 11) is 0. The monoisotopic (exact) mass is 410 g/mol. The van der Waals surface area contributed by atoms with Gasteiger partial charge in [-0.05, 0) is 44.4 Å². The second-order valence-electron chi connectivity index (χ2n) is 5.59. The summed E-state index contributed by atoms with van der Waals surface area (Å²) >= 11 is 11.7. The number of hydrogen-bond donors (Lipinski definition) is 2. The van der Waals surface area contributed by atoms with Crippen LogP contribution in [0.1, 0.15) is 26.2 Å². The molecular formula is C16H15Cl2F3N2O3. The van der Waals surface area contributed by atoms with Crippen LogP contribution in [-0.2, 0) is 9.59 Å². The van der Waals surface area contributed by atoms with Gasteiger partial charge in [-0.1, -0.05) is 23.2 Å². The summed E-state index contributed by atoms with van der Waals surface area (Å²) in [6, 6.07) is 4.46. The molecule has 0 saturated heterocycles. The molecule has 1 aliphatic rings. The number of halogens is 5. The van der Waals surface area contributed by atoms with Crippen molar-refractivity contribution in [2.24, 2.45) is 0 Å². The van der Waals surface area contributed by atoms with E-state index in [1.165, 1.54) is 25.1 Å². The Morgan fingerprint density at radius 3 is 2.54 bits per heavy atom. The smallest absolute Gasteiger partial charge is 0.454 e. The summed E-state index contributed by atoms with van der Waals surface area (Å²) in [6.45, 7) is 1.44. The number of benzene rings is 1. The van der Waals surface area contributed by atoms with E-state index < -0.39 is 24.0 Å². The van der Waals surface area contributed by atoms with Gasteiger partial charge in [0.05, 0.1) is 5.02 Å². The number of carbonyl (C=O) groups is 2. The minimum atomic E-state index is -4.95. The van der Waals surface area contributed by atoms with Gasteiger partial charge in [0.25, 0.3) is 11.7 Å². The fourth-order valence-electron chi connectivity index (χ4n) is 2.36. The number of Topliss-reactive ketones (excluding diaryl/α,β-unsaturated/α-hetero) is 1. The molecule has 0 fully saturated rings. The molecule has 0 aromatic heterocycles. The number of hydrogen-bond acceptors (Lipinski definition) is 4. The van der Waals surface area contributed by atoms with E-state index in [0.717, 1.165) is 0 Å². The minimum Gasteiger partial charge on any atom is -0.479 e. The third kappa shape index (κ3) is 5.04. The summed E-state index contributed by atoms with van der Waals surface area (Å²) in [4.78, 5) is 23.4. The molecule has 1 aromatic carbocycles. The molecule has 0 unspecified atom stereocenters. The van der Waals surface area contributed by atoms with Crippen LogP contribution in [0.25, 0.3) is 0 Å². The Balaban J connectivity index is 1.98. The van der Waals surface area contributed by atoms with Gasteiger partial charge in [-0.2, -0.15) is 13.2 Å². The van der Waals surface area contributed by atoms with Gasteiger partial charge in [-0.15, -0.1) is 0 Å². The molecule has 1 amide bonds. The second kappa shape index (κ2) is 8.18. The first-order chi connectivity index (χ1) is 12.1. The maximum absolute atomic E-state index is 12.6. The third-order valence-electron chi connectivity index (χ3n) is 3.65. The van der Waals surface area contributed by atoms with Crippen molar-refractivity contribution >= 4 is 34.9 Å². The van der Waals surface area contributed by atoms with Gasteiger partial charge in [-0.25, -0.2) is 0 Å². The van der Waals surface area contributed by atoms with Crippen LogP contribution in [-0.4, -0.2) is 24.0 Å². The van der Waals surface area contributed by atoms with Crippen LogP contribution in [0.2, 0.25) is 10.0 Å². The lowest BCUT2D eigenvalue weighted by Crippen LogP contribution is -2.44. The first kappa shape index (κ1) is 20.4. The lowest BCUT2D eigenvalue weighted by atomic mass is 10.1. The van der Waals surface area contributed by atoms with Crippen LogP contribution in [0.5, 0.6) is 5.75 Å². The minimum absolute atomic E-state index is 0.00296. The van der Waals surface area contributed by atoms with Crippen molar-refractivity contribution < 1.29 is 27.5 Å². The molecule has 0 aliphatic heterocycles. The van der Waals surface area contributed by atoms with Crippen molar-refractivity contribution in [1.82, 2.24) is 10.9 Å². The number of allylic oxidation sites excluding steroid dienone is 2. The Morgan fingerprint density at radius 2 is 1.92 bits per heavy atom. The number of ether oxygens (including phenoxy) is 1. The van der Waals surface area contributed by atoms with E-state index >= 15 is 0 Å². The molecule has 142 valence electrons. The van der Waals surface area contributed by atoms with E-state index in [1.54, 1.807) is 0 Å². The lowest BCUT2D eigenvalue weighted by molar-refractivity contribution is -0.166. The SMILES string of the molecule is C[C@@H](Oc1ccc(Cl)cc1Cl)C(=O)NNC1=C(C(=O)C(F)(F)F)CCC1. The maximum atomic E-state index is 12.6. The van der Waals surface area contributed by atoms with Gasteiger partial charge >= 0.3 is 6.18 Å². The Labute approximate surface area is 157 Å². The van der Waals surface area contributed by atoms with Crippen molar-refractivity contribution in [2.75, 3.05) is 0 Å². The van der Waals surface area contributed by atoms with Gasteiger partial charge in [-0.3, -0.25) is 15.0 Å². The van der Waals surface area contributed by atoms with Crippen molar-refractivity contribution in [3.8, 4) is 5.75 Å². The first-order valence-electron chi connectivity index (χ1n) is 7.60. The van der Waals surface area contributed by atoms with Crippen LogP contribution in [0.15, 0.2) is 29.5 Å². The van der Waals surface area contributed by atoms with E-state index in [2.05, 4.69) is 10.9 Å². The summed E-state index contributed by atoms with van der Waals surface area (Å²) in [6.07, 6.45) is -5.32. The van der Waals surface area contributed by atoms with Gasteiger partial charge < -0.3 is 10.2 Å². The van der Waals surface area contributed by atoms with E-state index in [9.17, 15) is 22.8 Å². The topological polar surface area (TPSA) is 67.4 Å². The zero-order valence-corrected chi connectivity index (χ0v) is 15.1. The Kier molecular flexibility index (Phi) is 6.41. The van der Waals surface area contributed by atoms with Crippen LogP contribution in [0, 0.1) is 0 Å². The standard InChI is InChI=1S/C16H15Cl2F3N2O3/c1-8(26-13-6-5-9(17)7-11(13)18)15(25)23-22-12-4-2-3-10(12)14(24)16(19,20)21/h5-8,22H,2-4H2,1H3,(H,23,25)/t8-/m1/s1. The van der Waals surface area contributed by atoms with Gasteiger partial charge in [0.15, 0.2) is 6.10 Å². The third-order valence-corrected chi connectivity index (χ3v) is 4.18. The zero-order valence-electron chi connectivity index (χ0n) is 13.5. The van der Waals surface area contributed by atoms with Crippen LogP contribution < -0.4 is 15.6 Å². The number of nitrogens with one attached hydrogen (secondary N) is 2. The van der Waals surface area contributed by atoms with Crippen molar-refractivity contribution in [3.63, 3.8) is 0 Å². The fourth-order valence-corrected chi connectivity index (χ4v) is 2.81.